The van der Waals surface area contributed by atoms with Crippen molar-refractivity contribution in [1.29, 1.82) is 0 Å². The normalized spacial score (nSPS) is 32.8. The van der Waals surface area contributed by atoms with E-state index in [-0.39, 0.29) is 18.8 Å². The summed E-state index contributed by atoms with van der Waals surface area (Å²) in [6, 6.07) is -1.19. The molecule has 2 unspecified atom stereocenters. The number of amides is 1. The van der Waals surface area contributed by atoms with Gasteiger partial charge >= 0.3 is 12.1 Å². The molecule has 2 aliphatic heterocycles. The maximum absolute atomic E-state index is 11.6. The van der Waals surface area contributed by atoms with E-state index in [1.54, 1.807) is 0 Å². The van der Waals surface area contributed by atoms with Crippen LogP contribution in [0, 0.1) is 0 Å². The molecule has 90 valence electrons. The minimum absolute atomic E-state index is 0.00616. The van der Waals surface area contributed by atoms with Crippen molar-refractivity contribution in [3.63, 3.8) is 0 Å². The minimum Gasteiger partial charge on any atom is -0.480 e. The Morgan fingerprint density at radius 3 is 2.69 bits per heavy atom. The standard InChI is InChI=1S/C8H11NO6S/c10-7(11)5-4-15-8(12)9(5)6-2-1-3-16(6,13)14/h5-6H,1-4H2,(H,10,11). The topological polar surface area (TPSA) is 101 Å². The molecule has 2 aliphatic rings. The molecule has 2 saturated heterocycles. The van der Waals surface area contributed by atoms with Gasteiger partial charge in [0.25, 0.3) is 0 Å². The zero-order valence-electron chi connectivity index (χ0n) is 8.33. The number of aliphatic carboxylic acids is 1. The van der Waals surface area contributed by atoms with Crippen LogP contribution < -0.4 is 0 Å². The lowest BCUT2D eigenvalue weighted by Gasteiger charge is -2.23. The summed E-state index contributed by atoms with van der Waals surface area (Å²) in [6.07, 6.45) is -0.132. The van der Waals surface area contributed by atoms with Gasteiger partial charge in [-0.1, -0.05) is 0 Å². The Balaban J connectivity index is 2.31. The molecule has 0 aromatic rings. The molecular formula is C8H11NO6S. The number of ether oxygens (including phenoxy) is 1. The first kappa shape index (κ1) is 11.2. The summed E-state index contributed by atoms with van der Waals surface area (Å²) in [6.45, 7) is -0.291. The van der Waals surface area contributed by atoms with Crippen molar-refractivity contribution in [2.24, 2.45) is 0 Å². The lowest BCUT2D eigenvalue weighted by atomic mass is 10.2. The second kappa shape index (κ2) is 3.62. The van der Waals surface area contributed by atoms with Gasteiger partial charge in [-0.25, -0.2) is 18.0 Å². The van der Waals surface area contributed by atoms with Crippen molar-refractivity contribution in [3.8, 4) is 0 Å². The largest absolute Gasteiger partial charge is 0.480 e. The molecule has 8 heteroatoms. The van der Waals surface area contributed by atoms with Gasteiger partial charge in [-0.3, -0.25) is 4.90 Å². The molecule has 2 fully saturated rings. The third-order valence-electron chi connectivity index (χ3n) is 2.80. The van der Waals surface area contributed by atoms with Crippen LogP contribution >= 0.6 is 0 Å². The highest BCUT2D eigenvalue weighted by Crippen LogP contribution is 2.28. The smallest absolute Gasteiger partial charge is 0.411 e. The van der Waals surface area contributed by atoms with Crippen molar-refractivity contribution in [1.82, 2.24) is 4.90 Å². The molecule has 2 rings (SSSR count). The van der Waals surface area contributed by atoms with Crippen LogP contribution in [0.4, 0.5) is 4.79 Å². The Labute approximate surface area is 91.9 Å². The first-order chi connectivity index (χ1) is 7.43. The van der Waals surface area contributed by atoms with Gasteiger partial charge in [-0.2, -0.15) is 0 Å². The van der Waals surface area contributed by atoms with Crippen LogP contribution in [0.25, 0.3) is 0 Å². The second-order valence-electron chi connectivity index (χ2n) is 3.80. The van der Waals surface area contributed by atoms with Crippen LogP contribution in [0.3, 0.4) is 0 Å². The Morgan fingerprint density at radius 2 is 2.19 bits per heavy atom. The van der Waals surface area contributed by atoms with Gasteiger partial charge in [0.1, 0.15) is 12.0 Å². The van der Waals surface area contributed by atoms with Crippen molar-refractivity contribution in [2.45, 2.75) is 24.3 Å². The summed E-state index contributed by atoms with van der Waals surface area (Å²) >= 11 is 0. The van der Waals surface area contributed by atoms with Gasteiger partial charge in [0.05, 0.1) is 5.75 Å². The van der Waals surface area contributed by atoms with E-state index < -0.39 is 33.3 Å². The highest BCUT2D eigenvalue weighted by atomic mass is 32.2. The molecule has 7 nitrogen and oxygen atoms in total. The van der Waals surface area contributed by atoms with Gasteiger partial charge in [0, 0.05) is 0 Å². The maximum atomic E-state index is 11.6. The predicted octanol–water partition coefficient (Wildman–Crippen LogP) is -0.574. The quantitative estimate of drug-likeness (QED) is 0.703. The van der Waals surface area contributed by atoms with E-state index in [2.05, 4.69) is 4.74 Å². The van der Waals surface area contributed by atoms with Crippen LogP contribution in [0.5, 0.6) is 0 Å². The summed E-state index contributed by atoms with van der Waals surface area (Å²) in [7, 11) is -3.41. The summed E-state index contributed by atoms with van der Waals surface area (Å²) < 4.78 is 27.8. The molecular weight excluding hydrogens is 238 g/mol. The van der Waals surface area contributed by atoms with Crippen LogP contribution in [0.2, 0.25) is 0 Å². The van der Waals surface area contributed by atoms with Gasteiger partial charge < -0.3 is 9.84 Å². The molecule has 0 radical (unpaired) electrons. The number of carbonyl (C=O) groups is 2. The summed E-state index contributed by atoms with van der Waals surface area (Å²) in [5.41, 5.74) is 0. The van der Waals surface area contributed by atoms with E-state index in [4.69, 9.17) is 5.11 Å². The lowest BCUT2D eigenvalue weighted by molar-refractivity contribution is -0.141. The molecule has 0 bridgehead atoms. The SMILES string of the molecule is O=C(O)C1COC(=O)N1C1CCCS1(=O)=O. The minimum atomic E-state index is -3.41. The molecule has 0 aromatic heterocycles. The molecule has 2 heterocycles. The highest BCUT2D eigenvalue weighted by molar-refractivity contribution is 7.92. The first-order valence-corrected chi connectivity index (χ1v) is 6.54. The Kier molecular flexibility index (Phi) is 2.53. The van der Waals surface area contributed by atoms with Gasteiger partial charge in [0.2, 0.25) is 0 Å². The van der Waals surface area contributed by atoms with E-state index in [0.29, 0.717) is 6.42 Å². The highest BCUT2D eigenvalue weighted by Gasteiger charge is 2.48. The molecule has 1 amide bonds. The van der Waals surface area contributed by atoms with Gasteiger partial charge in [0.15, 0.2) is 15.9 Å². The Morgan fingerprint density at radius 1 is 1.50 bits per heavy atom. The third kappa shape index (κ3) is 1.62. The predicted molar refractivity (Wildman–Crippen MR) is 51.4 cm³/mol. The molecule has 1 N–H and O–H groups in total. The molecule has 0 aliphatic carbocycles. The number of carboxylic acid groups (broad SMARTS) is 1. The number of sulfone groups is 1. The molecule has 2 atom stereocenters. The number of nitrogens with zero attached hydrogens (tertiary/aromatic N) is 1. The number of rotatable bonds is 2. The number of carboxylic acids is 1. The van der Waals surface area contributed by atoms with E-state index in [0.717, 1.165) is 4.90 Å². The first-order valence-electron chi connectivity index (χ1n) is 4.83. The zero-order chi connectivity index (χ0) is 11.9. The van der Waals surface area contributed by atoms with Crippen molar-refractivity contribution < 1.29 is 27.9 Å². The second-order valence-corrected chi connectivity index (χ2v) is 6.08. The van der Waals surface area contributed by atoms with Gasteiger partial charge in [-0.15, -0.1) is 0 Å². The lowest BCUT2D eigenvalue weighted by Crippen LogP contribution is -2.47. The third-order valence-corrected chi connectivity index (χ3v) is 4.95. The monoisotopic (exact) mass is 249 g/mol. The number of carbonyl (C=O) groups excluding carboxylic acids is 1. The summed E-state index contributed by atoms with van der Waals surface area (Å²) in [5, 5.41) is 7.82. The van der Waals surface area contributed by atoms with Crippen molar-refractivity contribution in [3.05, 3.63) is 0 Å². The van der Waals surface area contributed by atoms with Crippen LogP contribution in [0.15, 0.2) is 0 Å². The van der Waals surface area contributed by atoms with Crippen LogP contribution in [0.1, 0.15) is 12.8 Å². The summed E-state index contributed by atoms with van der Waals surface area (Å²) in [5.74, 6) is -1.25. The zero-order valence-corrected chi connectivity index (χ0v) is 9.14. The van der Waals surface area contributed by atoms with E-state index in [1.807, 2.05) is 0 Å². The number of cyclic esters (lactones) is 1. The van der Waals surface area contributed by atoms with Crippen molar-refractivity contribution in [2.75, 3.05) is 12.4 Å². The average molecular weight is 249 g/mol. The Bertz CT molecular complexity index is 430. The fraction of sp³-hybridized carbons (Fsp3) is 0.750. The molecule has 0 saturated carbocycles. The van der Waals surface area contributed by atoms with Gasteiger partial charge in [-0.05, 0) is 12.8 Å². The fourth-order valence-electron chi connectivity index (χ4n) is 2.03. The molecule has 16 heavy (non-hydrogen) atoms. The fourth-order valence-corrected chi connectivity index (χ4v) is 3.97. The Hall–Kier alpha value is -1.31. The van der Waals surface area contributed by atoms with Crippen molar-refractivity contribution >= 4 is 21.9 Å². The molecule has 0 spiro atoms. The number of hydrogen-bond donors (Lipinski definition) is 1. The maximum Gasteiger partial charge on any atom is 0.411 e. The van der Waals surface area contributed by atoms with E-state index in [1.165, 1.54) is 0 Å². The van der Waals surface area contributed by atoms with Crippen LogP contribution in [-0.4, -0.2) is 54.3 Å². The summed E-state index contributed by atoms with van der Waals surface area (Å²) in [4.78, 5) is 23.0. The van der Waals surface area contributed by atoms with Crippen LogP contribution in [-0.2, 0) is 19.4 Å². The van der Waals surface area contributed by atoms with E-state index >= 15 is 0 Å². The average Bonchev–Trinajstić information content (AvgIpc) is 2.68. The van der Waals surface area contributed by atoms with E-state index in [9.17, 15) is 18.0 Å². The molecule has 0 aromatic carbocycles. The number of hydrogen-bond acceptors (Lipinski definition) is 5.